The van der Waals surface area contributed by atoms with Gasteiger partial charge in [0.15, 0.2) is 0 Å². The summed E-state index contributed by atoms with van der Waals surface area (Å²) in [5, 5.41) is 3.07. The van der Waals surface area contributed by atoms with Crippen molar-refractivity contribution in [3.05, 3.63) is 28.2 Å². The summed E-state index contributed by atoms with van der Waals surface area (Å²) in [5.41, 5.74) is 1.58. The number of likely N-dealkylation sites (tertiary alicyclic amines) is 1. The highest BCUT2D eigenvalue weighted by atomic mass is 16.2. The lowest BCUT2D eigenvalue weighted by Crippen LogP contribution is -2.51. The minimum absolute atomic E-state index is 0.0164. The zero-order valence-corrected chi connectivity index (χ0v) is 19.0. The fourth-order valence-electron chi connectivity index (χ4n) is 6.81. The molecular formula is C25H38N4O2. The van der Waals surface area contributed by atoms with E-state index in [1.165, 1.54) is 44.9 Å². The molecule has 0 radical (unpaired) electrons. The summed E-state index contributed by atoms with van der Waals surface area (Å²) >= 11 is 0. The highest BCUT2D eigenvalue weighted by Gasteiger charge is 2.35. The molecule has 1 aromatic heterocycles. The number of piperidine rings is 1. The van der Waals surface area contributed by atoms with Crippen LogP contribution in [-0.4, -0.2) is 52.6 Å². The van der Waals surface area contributed by atoms with Crippen molar-refractivity contribution in [2.75, 3.05) is 25.5 Å². The number of aromatic nitrogens is 1. The first-order valence-corrected chi connectivity index (χ1v) is 12.6. The van der Waals surface area contributed by atoms with E-state index in [1.807, 2.05) is 10.6 Å². The number of amides is 2. The molecule has 3 fully saturated rings. The molecule has 2 saturated carbocycles. The number of likely N-dealkylation sites (N-methyl/N-ethyl adjacent to an activating group) is 1. The first kappa shape index (κ1) is 21.0. The van der Waals surface area contributed by atoms with Crippen molar-refractivity contribution < 1.29 is 4.79 Å². The molecule has 170 valence electrons. The van der Waals surface area contributed by atoms with Crippen molar-refractivity contribution in [2.45, 2.75) is 95.2 Å². The molecule has 5 rings (SSSR count). The molecule has 2 aliphatic carbocycles. The van der Waals surface area contributed by atoms with E-state index in [0.29, 0.717) is 29.6 Å². The molecule has 2 atom stereocenters. The van der Waals surface area contributed by atoms with Crippen molar-refractivity contribution in [3.63, 3.8) is 0 Å². The maximum absolute atomic E-state index is 13.5. The number of carbonyl (C=O) groups is 1. The average Bonchev–Trinajstić information content (AvgIpc) is 2.77. The monoisotopic (exact) mass is 426 g/mol. The Bertz CT molecular complexity index is 836. The molecule has 6 nitrogen and oxygen atoms in total. The van der Waals surface area contributed by atoms with Gasteiger partial charge in [-0.3, -0.25) is 4.79 Å². The van der Waals surface area contributed by atoms with Gasteiger partial charge < -0.3 is 19.7 Å². The van der Waals surface area contributed by atoms with Crippen molar-refractivity contribution >= 4 is 11.7 Å². The number of carbonyl (C=O) groups excluding carboxylic acids is 1. The summed E-state index contributed by atoms with van der Waals surface area (Å²) in [6.45, 7) is 2.84. The standard InChI is InChI=1S/C25H38N4O2/c1-27-15-18-14-19(17-27)23-13-12-22(24(30)28(23)16-18)26-25(31)29(20-8-4-2-5-9-20)21-10-6-3-7-11-21/h12-13,18-21H,2-11,14-17H2,1H3,(H,26,31)/t18-,19-/m1/s1. The second-order valence-electron chi connectivity index (χ2n) is 10.5. The second-order valence-corrected chi connectivity index (χ2v) is 10.5. The SMILES string of the molecule is CN1C[C@H]2C[C@H](C1)c1ccc(NC(=O)N(C3CCCCC3)C3CCCCC3)c(=O)n1C2. The highest BCUT2D eigenvalue weighted by Crippen LogP contribution is 2.35. The minimum Gasteiger partial charge on any atom is -0.319 e. The molecule has 6 heteroatoms. The summed E-state index contributed by atoms with van der Waals surface area (Å²) < 4.78 is 1.95. The summed E-state index contributed by atoms with van der Waals surface area (Å²) in [4.78, 5) is 31.4. The average molecular weight is 427 g/mol. The number of pyridine rings is 1. The Kier molecular flexibility index (Phi) is 6.09. The third kappa shape index (κ3) is 4.28. The van der Waals surface area contributed by atoms with Crippen LogP contribution in [0, 0.1) is 5.92 Å². The van der Waals surface area contributed by atoms with Crippen LogP contribution in [0.3, 0.4) is 0 Å². The Morgan fingerprint density at radius 1 is 0.935 bits per heavy atom. The van der Waals surface area contributed by atoms with Crippen LogP contribution >= 0.6 is 0 Å². The van der Waals surface area contributed by atoms with Gasteiger partial charge in [-0.05, 0) is 57.2 Å². The fourth-order valence-corrected chi connectivity index (χ4v) is 6.81. The second kappa shape index (κ2) is 8.97. The lowest BCUT2D eigenvalue weighted by atomic mass is 9.83. The van der Waals surface area contributed by atoms with Crippen LogP contribution in [0.1, 0.15) is 82.2 Å². The van der Waals surface area contributed by atoms with Gasteiger partial charge in [0.1, 0.15) is 5.69 Å². The minimum atomic E-state index is -0.0489. The Morgan fingerprint density at radius 3 is 2.23 bits per heavy atom. The normalized spacial score (nSPS) is 27.5. The number of rotatable bonds is 3. The molecule has 0 aromatic carbocycles. The Labute approximate surface area is 186 Å². The molecule has 2 amide bonds. The third-order valence-corrected chi connectivity index (χ3v) is 8.20. The molecule has 4 aliphatic rings. The van der Waals surface area contributed by atoms with Gasteiger partial charge in [-0.25, -0.2) is 4.79 Å². The number of nitrogens with zero attached hydrogens (tertiary/aromatic N) is 3. The van der Waals surface area contributed by atoms with Crippen LogP contribution in [0.15, 0.2) is 16.9 Å². The number of urea groups is 1. The first-order valence-electron chi connectivity index (χ1n) is 12.6. The van der Waals surface area contributed by atoms with Crippen LogP contribution in [-0.2, 0) is 6.54 Å². The summed E-state index contributed by atoms with van der Waals surface area (Å²) in [7, 11) is 2.17. The summed E-state index contributed by atoms with van der Waals surface area (Å²) in [6, 6.07) is 4.55. The van der Waals surface area contributed by atoms with Crippen LogP contribution in [0.5, 0.6) is 0 Å². The Hall–Kier alpha value is -1.82. The molecule has 0 unspecified atom stereocenters. The maximum atomic E-state index is 13.5. The van der Waals surface area contributed by atoms with E-state index in [9.17, 15) is 9.59 Å². The van der Waals surface area contributed by atoms with Crippen LogP contribution in [0.25, 0.3) is 0 Å². The van der Waals surface area contributed by atoms with Gasteiger partial charge in [0.05, 0.1) is 0 Å². The van der Waals surface area contributed by atoms with Crippen LogP contribution in [0.2, 0.25) is 0 Å². The van der Waals surface area contributed by atoms with E-state index >= 15 is 0 Å². The van der Waals surface area contributed by atoms with Crippen LogP contribution in [0.4, 0.5) is 10.5 Å². The molecule has 1 aromatic rings. The lowest BCUT2D eigenvalue weighted by molar-refractivity contribution is 0.114. The maximum Gasteiger partial charge on any atom is 0.322 e. The smallest absolute Gasteiger partial charge is 0.319 e. The fraction of sp³-hybridized carbons (Fsp3) is 0.760. The van der Waals surface area contributed by atoms with Gasteiger partial charge in [-0.15, -0.1) is 0 Å². The molecule has 2 aliphatic heterocycles. The van der Waals surface area contributed by atoms with Gasteiger partial charge in [0.25, 0.3) is 5.56 Å². The van der Waals surface area contributed by atoms with Crippen molar-refractivity contribution in [1.82, 2.24) is 14.4 Å². The predicted octanol–water partition coefficient (Wildman–Crippen LogP) is 4.40. The van der Waals surface area contributed by atoms with Gasteiger partial charge in [-0.1, -0.05) is 38.5 Å². The van der Waals surface area contributed by atoms with E-state index in [4.69, 9.17) is 0 Å². The van der Waals surface area contributed by atoms with Gasteiger partial charge in [0.2, 0.25) is 0 Å². The molecule has 1 saturated heterocycles. The lowest BCUT2D eigenvalue weighted by Gasteiger charge is -2.42. The number of nitrogens with one attached hydrogen (secondary N) is 1. The summed E-state index contributed by atoms with van der Waals surface area (Å²) in [6.07, 6.45) is 13.0. The van der Waals surface area contributed by atoms with E-state index in [-0.39, 0.29) is 11.6 Å². The zero-order valence-electron chi connectivity index (χ0n) is 19.0. The predicted molar refractivity (Wildman–Crippen MR) is 124 cm³/mol. The van der Waals surface area contributed by atoms with Gasteiger partial charge in [-0.2, -0.15) is 0 Å². The van der Waals surface area contributed by atoms with Crippen molar-refractivity contribution in [1.29, 1.82) is 0 Å². The molecular weight excluding hydrogens is 388 g/mol. The zero-order chi connectivity index (χ0) is 21.4. The van der Waals surface area contributed by atoms with E-state index in [0.717, 1.165) is 51.0 Å². The largest absolute Gasteiger partial charge is 0.322 e. The van der Waals surface area contributed by atoms with E-state index in [1.54, 1.807) is 0 Å². The molecule has 3 heterocycles. The number of hydrogen-bond acceptors (Lipinski definition) is 3. The first-order chi connectivity index (χ1) is 15.1. The topological polar surface area (TPSA) is 57.6 Å². The molecule has 0 spiro atoms. The van der Waals surface area contributed by atoms with Gasteiger partial charge in [0, 0.05) is 43.3 Å². The number of fused-ring (bicyclic) bond motifs is 4. The Morgan fingerprint density at radius 2 is 1.58 bits per heavy atom. The molecule has 1 N–H and O–H groups in total. The van der Waals surface area contributed by atoms with Crippen molar-refractivity contribution in [3.8, 4) is 0 Å². The highest BCUT2D eigenvalue weighted by molar-refractivity contribution is 5.89. The van der Waals surface area contributed by atoms with E-state index in [2.05, 4.69) is 28.2 Å². The van der Waals surface area contributed by atoms with Crippen molar-refractivity contribution in [2.24, 2.45) is 5.92 Å². The Balaban J connectivity index is 1.38. The molecule has 31 heavy (non-hydrogen) atoms. The quantitative estimate of drug-likeness (QED) is 0.780. The molecule has 2 bridgehead atoms. The van der Waals surface area contributed by atoms with E-state index < -0.39 is 0 Å². The van der Waals surface area contributed by atoms with Gasteiger partial charge >= 0.3 is 6.03 Å². The summed E-state index contributed by atoms with van der Waals surface area (Å²) in [5.74, 6) is 0.955. The third-order valence-electron chi connectivity index (χ3n) is 8.20. The number of hydrogen-bond donors (Lipinski definition) is 1. The number of anilines is 1. The van der Waals surface area contributed by atoms with Crippen LogP contribution < -0.4 is 10.9 Å².